The van der Waals surface area contributed by atoms with Crippen molar-refractivity contribution in [2.45, 2.75) is 18.9 Å². The van der Waals surface area contributed by atoms with Crippen molar-refractivity contribution in [2.24, 2.45) is 4.99 Å². The van der Waals surface area contributed by atoms with Gasteiger partial charge in [-0.2, -0.15) is 0 Å². The number of para-hydroxylation sites is 1. The number of pyridine rings is 1. The van der Waals surface area contributed by atoms with Gasteiger partial charge < -0.3 is 4.57 Å². The van der Waals surface area contributed by atoms with E-state index in [4.69, 9.17) is 9.98 Å². The zero-order valence-electron chi connectivity index (χ0n) is 27.5. The highest BCUT2D eigenvalue weighted by Crippen LogP contribution is 2.48. The number of rotatable bonds is 4. The third-order valence-corrected chi connectivity index (χ3v) is 10.5. The predicted molar refractivity (Wildman–Crippen MR) is 208 cm³/mol. The van der Waals surface area contributed by atoms with Crippen molar-refractivity contribution in [1.29, 1.82) is 0 Å². The van der Waals surface area contributed by atoms with Crippen molar-refractivity contribution in [3.8, 4) is 27.9 Å². The SMILES string of the molecule is C[C@H]1c2c(n(-c3ccccc3)c3ccc(-c4c5c(c(-c6ccc7ccccc7c6)c6ccccc46)C=C=C=C5)cc23)C=NC1c1ccccn1. The smallest absolute Gasteiger partial charge is 0.0986 e. The van der Waals surface area contributed by atoms with Crippen molar-refractivity contribution in [3.05, 3.63) is 179 Å². The summed E-state index contributed by atoms with van der Waals surface area (Å²) in [7, 11) is 0. The van der Waals surface area contributed by atoms with Gasteiger partial charge in [0.15, 0.2) is 0 Å². The Morgan fingerprint density at radius 1 is 0.600 bits per heavy atom. The van der Waals surface area contributed by atoms with Crippen molar-refractivity contribution < 1.29 is 0 Å². The monoisotopic (exact) mass is 637 g/mol. The molecule has 10 rings (SSSR count). The number of aliphatic imine (C=N–C) groups is 1. The minimum absolute atomic E-state index is 0.0600. The van der Waals surface area contributed by atoms with Crippen LogP contribution in [0.15, 0.2) is 156 Å². The lowest BCUT2D eigenvalue weighted by atomic mass is 9.82. The summed E-state index contributed by atoms with van der Waals surface area (Å²) in [5.74, 6) is 0.124. The van der Waals surface area contributed by atoms with Crippen molar-refractivity contribution in [3.63, 3.8) is 0 Å². The Hall–Kier alpha value is -6.50. The van der Waals surface area contributed by atoms with Gasteiger partial charge in [0.05, 0.1) is 22.9 Å². The highest BCUT2D eigenvalue weighted by atomic mass is 15.0. The van der Waals surface area contributed by atoms with E-state index in [1.54, 1.807) is 0 Å². The summed E-state index contributed by atoms with van der Waals surface area (Å²) in [5.41, 5.74) is 19.5. The maximum Gasteiger partial charge on any atom is 0.0986 e. The molecule has 1 unspecified atom stereocenters. The first kappa shape index (κ1) is 28.5. The second-order valence-electron chi connectivity index (χ2n) is 13.2. The van der Waals surface area contributed by atoms with Gasteiger partial charge in [0.1, 0.15) is 0 Å². The number of hydrogen-bond donors (Lipinski definition) is 0. The molecule has 2 atom stereocenters. The zero-order chi connectivity index (χ0) is 33.2. The van der Waals surface area contributed by atoms with Gasteiger partial charge in [0.2, 0.25) is 0 Å². The van der Waals surface area contributed by atoms with Gasteiger partial charge in [0, 0.05) is 29.4 Å². The summed E-state index contributed by atoms with van der Waals surface area (Å²) >= 11 is 0. The van der Waals surface area contributed by atoms with Crippen LogP contribution in [0.25, 0.3) is 72.5 Å². The fourth-order valence-corrected chi connectivity index (χ4v) is 8.25. The number of aromatic nitrogens is 2. The first-order valence-electron chi connectivity index (χ1n) is 17.2. The average Bonchev–Trinajstić information content (AvgIpc) is 3.52. The van der Waals surface area contributed by atoms with Crippen LogP contribution >= 0.6 is 0 Å². The Balaban J connectivity index is 1.24. The Morgan fingerprint density at radius 2 is 1.26 bits per heavy atom. The Kier molecular flexibility index (Phi) is 6.44. The van der Waals surface area contributed by atoms with Crippen LogP contribution in [0.1, 0.15) is 47.0 Å². The van der Waals surface area contributed by atoms with Gasteiger partial charge >= 0.3 is 0 Å². The fraction of sp³-hybridized carbons (Fsp3) is 0.0638. The molecule has 3 nitrogen and oxygen atoms in total. The molecule has 3 heterocycles. The van der Waals surface area contributed by atoms with E-state index in [2.05, 4.69) is 169 Å². The van der Waals surface area contributed by atoms with Gasteiger partial charge in [-0.3, -0.25) is 9.98 Å². The lowest BCUT2D eigenvalue weighted by Crippen LogP contribution is -2.15. The minimum atomic E-state index is -0.0600. The zero-order valence-corrected chi connectivity index (χ0v) is 27.5. The highest BCUT2D eigenvalue weighted by molar-refractivity contribution is 6.13. The predicted octanol–water partition coefficient (Wildman–Crippen LogP) is 11.7. The lowest BCUT2D eigenvalue weighted by molar-refractivity contribution is 0.580. The maximum absolute atomic E-state index is 5.11. The van der Waals surface area contributed by atoms with Crippen LogP contribution in [0.3, 0.4) is 0 Å². The average molecular weight is 638 g/mol. The molecule has 50 heavy (non-hydrogen) atoms. The van der Waals surface area contributed by atoms with Gasteiger partial charge in [0.25, 0.3) is 0 Å². The van der Waals surface area contributed by atoms with Crippen LogP contribution in [0.2, 0.25) is 0 Å². The standard InChI is InChI=1S/C47H31N3/c1-30-44-40-28-34(24-25-42(40)50(35-15-3-2-4-16-35)43(44)29-49-47(30)41-21-11-12-26-48-41)46-38-19-9-7-17-36(38)45(37-18-8-10-20-39(37)46)33-23-22-31-13-5-6-14-32(31)27-33/h2-7,9,11-30,47H,1H3/t30-,47?/m0/s1. The number of fused-ring (bicyclic) bond motifs is 6. The number of hydrogen-bond acceptors (Lipinski definition) is 2. The summed E-state index contributed by atoms with van der Waals surface area (Å²) in [4.78, 5) is 9.83. The van der Waals surface area contributed by atoms with Gasteiger partial charge in [-0.05, 0) is 115 Å². The van der Waals surface area contributed by atoms with E-state index in [1.807, 2.05) is 12.3 Å². The molecule has 0 saturated heterocycles. The summed E-state index contributed by atoms with van der Waals surface area (Å²) in [6.45, 7) is 2.30. The molecule has 6 aromatic carbocycles. The first-order chi connectivity index (χ1) is 24.7. The molecule has 1 aliphatic carbocycles. The van der Waals surface area contributed by atoms with E-state index in [0.717, 1.165) is 17.1 Å². The van der Waals surface area contributed by atoms with Gasteiger partial charge in [-0.25, -0.2) is 0 Å². The molecule has 0 amide bonds. The minimum Gasteiger partial charge on any atom is -0.308 e. The number of nitrogens with zero attached hydrogens (tertiary/aromatic N) is 3. The van der Waals surface area contributed by atoms with Crippen LogP contribution in [0.4, 0.5) is 0 Å². The molecule has 234 valence electrons. The van der Waals surface area contributed by atoms with E-state index < -0.39 is 0 Å². The van der Waals surface area contributed by atoms with Crippen LogP contribution < -0.4 is 0 Å². The second-order valence-corrected chi connectivity index (χ2v) is 13.2. The van der Waals surface area contributed by atoms with Crippen molar-refractivity contribution in [2.75, 3.05) is 0 Å². The molecule has 0 N–H and O–H groups in total. The molecule has 0 fully saturated rings. The molecule has 0 spiro atoms. The Labute approximate surface area is 290 Å². The van der Waals surface area contributed by atoms with Crippen LogP contribution in [0.5, 0.6) is 0 Å². The van der Waals surface area contributed by atoms with Crippen LogP contribution in [0, 0.1) is 0 Å². The topological polar surface area (TPSA) is 30.2 Å². The summed E-state index contributed by atoms with van der Waals surface area (Å²) < 4.78 is 2.37. The van der Waals surface area contributed by atoms with E-state index in [1.165, 1.54) is 71.4 Å². The highest BCUT2D eigenvalue weighted by Gasteiger charge is 2.32. The molecule has 0 radical (unpaired) electrons. The molecule has 8 aromatic rings. The summed E-state index contributed by atoms with van der Waals surface area (Å²) in [6.07, 6.45) is 8.15. The Bertz CT molecular complexity index is 2790. The van der Waals surface area contributed by atoms with Gasteiger partial charge in [-0.1, -0.05) is 109 Å². The summed E-state index contributed by atoms with van der Waals surface area (Å²) in [6, 6.07) is 47.9. The van der Waals surface area contributed by atoms with Crippen molar-refractivity contribution >= 4 is 50.8 Å². The number of benzene rings is 6. The summed E-state index contributed by atoms with van der Waals surface area (Å²) in [5, 5.41) is 6.16. The third-order valence-electron chi connectivity index (χ3n) is 10.5. The van der Waals surface area contributed by atoms with E-state index in [-0.39, 0.29) is 12.0 Å². The van der Waals surface area contributed by atoms with E-state index in [9.17, 15) is 0 Å². The molecule has 0 bridgehead atoms. The maximum atomic E-state index is 5.11. The quantitative estimate of drug-likeness (QED) is 0.177. The molecular formula is C47H31N3. The largest absolute Gasteiger partial charge is 0.308 e. The van der Waals surface area contributed by atoms with E-state index in [0.29, 0.717) is 0 Å². The van der Waals surface area contributed by atoms with Crippen molar-refractivity contribution in [1.82, 2.24) is 9.55 Å². The molecule has 1 aliphatic heterocycles. The molecule has 2 aromatic heterocycles. The molecule has 2 aliphatic rings. The molecule has 3 heteroatoms. The lowest BCUT2D eigenvalue weighted by Gasteiger charge is -2.25. The first-order valence-corrected chi connectivity index (χ1v) is 17.2. The van der Waals surface area contributed by atoms with Crippen LogP contribution in [-0.4, -0.2) is 15.8 Å². The third kappa shape index (κ3) is 4.32. The normalized spacial score (nSPS) is 15.9. The Morgan fingerprint density at radius 3 is 2.00 bits per heavy atom. The van der Waals surface area contributed by atoms with Crippen LogP contribution in [-0.2, 0) is 0 Å². The molecular weight excluding hydrogens is 607 g/mol. The fourth-order valence-electron chi connectivity index (χ4n) is 8.25. The molecule has 0 saturated carbocycles. The van der Waals surface area contributed by atoms with Gasteiger partial charge in [-0.15, -0.1) is 0 Å². The second kappa shape index (κ2) is 11.3. The van der Waals surface area contributed by atoms with E-state index >= 15 is 0 Å².